The summed E-state index contributed by atoms with van der Waals surface area (Å²) in [5, 5.41) is 2.94. The van der Waals surface area contributed by atoms with Crippen molar-refractivity contribution in [2.75, 3.05) is 7.05 Å². The Bertz CT molecular complexity index is 483. The van der Waals surface area contributed by atoms with E-state index in [4.69, 9.17) is 0 Å². The van der Waals surface area contributed by atoms with Crippen LogP contribution < -0.4 is 5.32 Å². The zero-order valence-electron chi connectivity index (χ0n) is 9.78. The van der Waals surface area contributed by atoms with Gasteiger partial charge in [0, 0.05) is 24.5 Å². The largest absolute Gasteiger partial charge is 0.316 e. The fourth-order valence-electron chi connectivity index (χ4n) is 1.77. The smallest absolute Gasteiger partial charge is 0.127 e. The molecule has 2 aromatic rings. The molecule has 0 atom stereocenters. The highest BCUT2D eigenvalue weighted by Crippen LogP contribution is 2.13. The molecule has 3 heteroatoms. The van der Waals surface area contributed by atoms with Gasteiger partial charge in [0.15, 0.2) is 0 Å². The second-order valence-corrected chi connectivity index (χ2v) is 3.99. The molecule has 0 fully saturated rings. The second kappa shape index (κ2) is 5.55. The van der Waals surface area contributed by atoms with Crippen LogP contribution in [0.1, 0.15) is 16.7 Å². The molecule has 2 rings (SSSR count). The lowest BCUT2D eigenvalue weighted by molar-refractivity contribution is 0.599. The molecule has 1 heterocycles. The van der Waals surface area contributed by atoms with Crippen molar-refractivity contribution in [2.45, 2.75) is 13.0 Å². The van der Waals surface area contributed by atoms with Crippen LogP contribution >= 0.6 is 0 Å². The first-order valence-electron chi connectivity index (χ1n) is 5.60. The van der Waals surface area contributed by atoms with Gasteiger partial charge in [0.1, 0.15) is 5.82 Å². The van der Waals surface area contributed by atoms with Crippen molar-refractivity contribution in [3.05, 3.63) is 65.2 Å². The fraction of sp³-hybridized carbons (Fsp3) is 0.214. The molecule has 0 amide bonds. The highest BCUT2D eigenvalue weighted by atomic mass is 19.1. The lowest BCUT2D eigenvalue weighted by Crippen LogP contribution is -2.07. The van der Waals surface area contributed by atoms with Crippen LogP contribution in [0.25, 0.3) is 0 Å². The Hall–Kier alpha value is -1.74. The normalized spacial score (nSPS) is 10.5. The molecular weight excluding hydrogens is 215 g/mol. The van der Waals surface area contributed by atoms with Crippen molar-refractivity contribution in [3.8, 4) is 0 Å². The maximum Gasteiger partial charge on any atom is 0.127 e. The van der Waals surface area contributed by atoms with Gasteiger partial charge in [-0.2, -0.15) is 0 Å². The predicted octanol–water partition coefficient (Wildman–Crippen LogP) is 2.53. The fourth-order valence-corrected chi connectivity index (χ4v) is 1.77. The summed E-state index contributed by atoms with van der Waals surface area (Å²) in [6.45, 7) is 0.555. The topological polar surface area (TPSA) is 24.9 Å². The van der Waals surface area contributed by atoms with Gasteiger partial charge in [0.2, 0.25) is 0 Å². The van der Waals surface area contributed by atoms with E-state index in [1.54, 1.807) is 18.5 Å². The first kappa shape index (κ1) is 11.7. The molecule has 1 aromatic carbocycles. The monoisotopic (exact) mass is 230 g/mol. The van der Waals surface area contributed by atoms with Gasteiger partial charge in [0.25, 0.3) is 0 Å². The Morgan fingerprint density at radius 2 is 2.12 bits per heavy atom. The zero-order valence-corrected chi connectivity index (χ0v) is 9.78. The molecule has 17 heavy (non-hydrogen) atoms. The van der Waals surface area contributed by atoms with Crippen LogP contribution in [0.2, 0.25) is 0 Å². The molecule has 2 nitrogen and oxygen atoms in total. The standard InChI is InChI=1S/C14H15FN2/c1-16-10-13-5-4-11(8-14(13)15)7-12-3-2-6-17-9-12/h2-6,8-9,16H,7,10H2,1H3. The summed E-state index contributed by atoms with van der Waals surface area (Å²) in [7, 11) is 1.81. The Labute approximate surface area is 101 Å². The number of hydrogen-bond donors (Lipinski definition) is 1. The minimum Gasteiger partial charge on any atom is -0.316 e. The van der Waals surface area contributed by atoms with E-state index < -0.39 is 0 Å². The molecule has 0 aliphatic heterocycles. The van der Waals surface area contributed by atoms with Crippen molar-refractivity contribution in [1.82, 2.24) is 10.3 Å². The summed E-state index contributed by atoms with van der Waals surface area (Å²) in [5.41, 5.74) is 2.76. The van der Waals surface area contributed by atoms with Crippen LogP contribution in [0.4, 0.5) is 4.39 Å². The van der Waals surface area contributed by atoms with E-state index >= 15 is 0 Å². The Morgan fingerprint density at radius 3 is 2.76 bits per heavy atom. The van der Waals surface area contributed by atoms with E-state index in [1.807, 2.05) is 31.3 Å². The van der Waals surface area contributed by atoms with Crippen LogP contribution in [-0.2, 0) is 13.0 Å². The molecule has 0 aliphatic rings. The Balaban J connectivity index is 2.15. The predicted molar refractivity (Wildman–Crippen MR) is 66.2 cm³/mol. The molecule has 0 spiro atoms. The lowest BCUT2D eigenvalue weighted by atomic mass is 10.0. The van der Waals surface area contributed by atoms with Crippen LogP contribution in [0.5, 0.6) is 0 Å². The Morgan fingerprint density at radius 1 is 1.24 bits per heavy atom. The van der Waals surface area contributed by atoms with Crippen molar-refractivity contribution < 1.29 is 4.39 Å². The molecule has 0 saturated carbocycles. The third-order valence-corrected chi connectivity index (χ3v) is 2.62. The Kier molecular flexibility index (Phi) is 3.83. The quantitative estimate of drug-likeness (QED) is 0.873. The van der Waals surface area contributed by atoms with Crippen molar-refractivity contribution in [1.29, 1.82) is 0 Å². The van der Waals surface area contributed by atoms with Gasteiger partial charge in [-0.05, 0) is 36.7 Å². The first-order chi connectivity index (χ1) is 8.29. The van der Waals surface area contributed by atoms with Crippen molar-refractivity contribution in [2.24, 2.45) is 0 Å². The summed E-state index contributed by atoms with van der Waals surface area (Å²) in [6, 6.07) is 9.27. The van der Waals surface area contributed by atoms with Crippen molar-refractivity contribution >= 4 is 0 Å². The minimum absolute atomic E-state index is 0.152. The minimum atomic E-state index is -0.152. The summed E-state index contributed by atoms with van der Waals surface area (Å²) < 4.78 is 13.7. The number of nitrogens with zero attached hydrogens (tertiary/aromatic N) is 1. The van der Waals surface area contributed by atoms with Crippen LogP contribution in [0.3, 0.4) is 0 Å². The summed E-state index contributed by atoms with van der Waals surface area (Å²) in [5.74, 6) is -0.152. The highest BCUT2D eigenvalue weighted by Gasteiger charge is 2.03. The number of benzene rings is 1. The average molecular weight is 230 g/mol. The van der Waals surface area contributed by atoms with E-state index in [2.05, 4.69) is 10.3 Å². The van der Waals surface area contributed by atoms with Gasteiger partial charge >= 0.3 is 0 Å². The maximum atomic E-state index is 13.7. The summed E-state index contributed by atoms with van der Waals surface area (Å²) >= 11 is 0. The van der Waals surface area contributed by atoms with Crippen LogP contribution in [0.15, 0.2) is 42.7 Å². The lowest BCUT2D eigenvalue weighted by Gasteiger charge is -2.06. The van der Waals surface area contributed by atoms with Gasteiger partial charge in [-0.15, -0.1) is 0 Å². The van der Waals surface area contributed by atoms with Gasteiger partial charge in [0.05, 0.1) is 0 Å². The highest BCUT2D eigenvalue weighted by molar-refractivity contribution is 5.28. The number of rotatable bonds is 4. The molecule has 0 unspecified atom stereocenters. The van der Waals surface area contributed by atoms with E-state index in [1.165, 1.54) is 0 Å². The average Bonchev–Trinajstić information content (AvgIpc) is 2.34. The van der Waals surface area contributed by atoms with Gasteiger partial charge in [-0.3, -0.25) is 4.98 Å². The van der Waals surface area contributed by atoms with Gasteiger partial charge in [-0.25, -0.2) is 4.39 Å². The number of aromatic nitrogens is 1. The summed E-state index contributed by atoms with van der Waals surface area (Å²) in [4.78, 5) is 4.05. The van der Waals surface area contributed by atoms with E-state index in [0.717, 1.165) is 11.1 Å². The molecular formula is C14H15FN2. The number of pyridine rings is 1. The third kappa shape index (κ3) is 3.11. The molecule has 0 aliphatic carbocycles. The number of hydrogen-bond acceptors (Lipinski definition) is 2. The molecule has 0 saturated heterocycles. The number of nitrogens with one attached hydrogen (secondary N) is 1. The summed E-state index contributed by atoms with van der Waals surface area (Å²) in [6.07, 6.45) is 4.25. The van der Waals surface area contributed by atoms with Crippen molar-refractivity contribution in [3.63, 3.8) is 0 Å². The first-order valence-corrected chi connectivity index (χ1v) is 5.60. The van der Waals surface area contributed by atoms with Crippen LogP contribution in [0, 0.1) is 5.82 Å². The van der Waals surface area contributed by atoms with E-state index in [9.17, 15) is 4.39 Å². The zero-order chi connectivity index (χ0) is 12.1. The molecule has 0 bridgehead atoms. The SMILES string of the molecule is CNCc1ccc(Cc2cccnc2)cc1F. The third-order valence-electron chi connectivity index (χ3n) is 2.62. The maximum absolute atomic E-state index is 13.7. The molecule has 1 N–H and O–H groups in total. The molecule has 88 valence electrons. The molecule has 1 aromatic heterocycles. The van der Waals surface area contributed by atoms with E-state index in [-0.39, 0.29) is 5.82 Å². The molecule has 0 radical (unpaired) electrons. The van der Waals surface area contributed by atoms with Gasteiger partial charge in [-0.1, -0.05) is 18.2 Å². The van der Waals surface area contributed by atoms with E-state index in [0.29, 0.717) is 18.5 Å². The second-order valence-electron chi connectivity index (χ2n) is 3.99. The van der Waals surface area contributed by atoms with Crippen LogP contribution in [-0.4, -0.2) is 12.0 Å². The number of halogens is 1. The van der Waals surface area contributed by atoms with Gasteiger partial charge < -0.3 is 5.32 Å².